The van der Waals surface area contributed by atoms with E-state index in [1.165, 1.54) is 30.2 Å². The Bertz CT molecular complexity index is 6060. The third kappa shape index (κ3) is 16.2. The lowest BCUT2D eigenvalue weighted by Gasteiger charge is -2.36. The number of hydrogen-bond donors (Lipinski definition) is 2. The Balaban J connectivity index is 0.000000110. The van der Waals surface area contributed by atoms with E-state index in [1.807, 2.05) is 83.7 Å². The first-order valence-electron chi connectivity index (χ1n) is 36.6. The molecule has 32 nitrogen and oxygen atoms in total. The first-order valence-corrected chi connectivity index (χ1v) is 38.1. The van der Waals surface area contributed by atoms with Crippen LogP contribution < -0.4 is 19.6 Å². The lowest BCUT2D eigenvalue weighted by molar-refractivity contribution is -0.0334. The van der Waals surface area contributed by atoms with Gasteiger partial charge in [0.15, 0.2) is 47.2 Å². The fourth-order valence-electron chi connectivity index (χ4n) is 14.4. The molecule has 20 rings (SSSR count). The highest BCUT2D eigenvalue weighted by molar-refractivity contribution is 6.31. The summed E-state index contributed by atoms with van der Waals surface area (Å²) in [6.07, 6.45) is 31.3. The number of nitrogens with zero attached hydrogens (tertiary/aromatic N) is 26. The fraction of sp³-hybridized carbons (Fsp3) is 0.289. The third-order valence-corrected chi connectivity index (χ3v) is 20.7. The van der Waals surface area contributed by atoms with Gasteiger partial charge in [-0.2, -0.15) is 9.97 Å². The molecule has 4 aliphatic rings. The zero-order valence-corrected chi connectivity index (χ0v) is 64.5. The van der Waals surface area contributed by atoms with Gasteiger partial charge in [0.2, 0.25) is 0 Å². The molecule has 0 saturated carbocycles. The average Bonchev–Trinajstić information content (AvgIpc) is 1.62. The van der Waals surface area contributed by atoms with Crippen LogP contribution in [-0.2, 0) is 9.47 Å². The summed E-state index contributed by atoms with van der Waals surface area (Å²) in [5.41, 5.74) is 7.70. The number of morpholine rings is 2. The van der Waals surface area contributed by atoms with Gasteiger partial charge in [-0.05, 0) is 102 Å². The highest BCUT2D eigenvalue weighted by atomic mass is 35.5. The SMILES string of the molecule is Cc1noc([C@H]2CN(c3ccnc(-c4cnc5cc(F)c(Cl)cn45)n3)C[C@@H](C)O2)n1.Cc1noc([C@H]2CN(c3ccnc(-c4cnc5ccc(Cl)cn45)n3)C[C@@H](C)O2)n1.Clc1ccc2ncc(-c3nccc(N4CCCC(c5cnc[nH]5)C4)n3)n2c1.Fc1cc2ncc(-c3nccc(N4CCCC(c5cnc[nH]5)C4)n3)n2cc1Cl. The number of pyridine rings is 4. The van der Waals surface area contributed by atoms with Crippen LogP contribution in [-0.4, -0.2) is 182 Å². The number of aryl methyl sites for hydroxylation is 2. The Morgan fingerprint density at radius 3 is 1.14 bits per heavy atom. The maximum absolute atomic E-state index is 13.7. The van der Waals surface area contributed by atoms with Gasteiger partial charge >= 0.3 is 0 Å². The number of rotatable bonds is 12. The molecule has 38 heteroatoms. The number of halogens is 6. The molecule has 0 aliphatic carbocycles. The minimum absolute atomic E-state index is 0.00222. The number of nitrogens with one attached hydrogen (secondary N) is 2. The summed E-state index contributed by atoms with van der Waals surface area (Å²) < 4.78 is 57.2. The van der Waals surface area contributed by atoms with Crippen LogP contribution in [0.3, 0.4) is 0 Å². The number of ether oxygens (including phenoxy) is 2. The third-order valence-electron chi connectivity index (χ3n) is 19.7. The van der Waals surface area contributed by atoms with Crippen molar-refractivity contribution < 1.29 is 27.3 Å². The quantitative estimate of drug-likeness (QED) is 0.115. The Labute approximate surface area is 667 Å². The smallest absolute Gasteiger partial charge is 0.257 e. The van der Waals surface area contributed by atoms with Crippen LogP contribution in [0.15, 0.2) is 169 Å². The summed E-state index contributed by atoms with van der Waals surface area (Å²) in [6, 6.07) is 17.5. The van der Waals surface area contributed by atoms with Crippen LogP contribution in [0, 0.1) is 25.5 Å². The first kappa shape index (κ1) is 74.7. The van der Waals surface area contributed by atoms with Crippen molar-refractivity contribution in [2.24, 2.45) is 0 Å². The fourth-order valence-corrected chi connectivity index (χ4v) is 15.0. The number of aromatic amines is 2. The minimum Gasteiger partial charge on any atom is -0.362 e. The van der Waals surface area contributed by atoms with E-state index < -0.39 is 11.6 Å². The van der Waals surface area contributed by atoms with Gasteiger partial charge in [0, 0.05) is 137 Å². The lowest BCUT2D eigenvalue weighted by atomic mass is 9.95. The van der Waals surface area contributed by atoms with Gasteiger partial charge in [0.1, 0.15) is 80.3 Å². The van der Waals surface area contributed by atoms with E-state index in [1.54, 1.807) is 97.1 Å². The average molecular weight is 1620 g/mol. The molecule has 4 aliphatic heterocycles. The summed E-state index contributed by atoms with van der Waals surface area (Å²) >= 11 is 24.2. The molecular formula is C76H70Cl4F2N28O4. The molecule has 2 unspecified atom stereocenters. The molecule has 114 heavy (non-hydrogen) atoms. The highest BCUT2D eigenvalue weighted by Crippen LogP contribution is 2.35. The van der Waals surface area contributed by atoms with Crippen LogP contribution in [0.2, 0.25) is 20.1 Å². The largest absolute Gasteiger partial charge is 0.362 e. The molecule has 16 aromatic heterocycles. The van der Waals surface area contributed by atoms with Crippen molar-refractivity contribution >= 4 is 92.3 Å². The standard InChI is InChI=1S/C19H17ClFN7O2.C19H17ClFN7.C19H18ClN7O2.C19H18ClN7/c1-10-7-27(9-15(29-10)19-24-11(2)26-30-19)16-3-4-22-18(25-16)14-6-23-17-5-13(21)12(20)8-28(14)17;20-13-10-28-16(8-24-18(28)6-14(13)21)19-23-4-3-17(26-19)27-5-1-2-12(9-27)15-7-22-11-25-15;1-11-8-26(10-15(28-11)19-23-12(2)25-29-19)17-5-6-21-18(24-17)14-7-22-16-4-3-13(20)9-27(14)16;20-14-3-4-17-23-9-16(27(17)11-14)19-22-6-5-18(25-19)26-7-1-2-13(10-26)15-8-21-12-24-15/h3-6,8,10,15H,7,9H2,1-2H3;3-4,6-8,10-12H,1-2,5,9H2,(H,22,25);3-7,9,11,15H,8,10H2,1-2H3;3-6,8-9,11-13H,1-2,7,10H2,(H,21,24)/t10-,15-;;11-,15-;/m1.1./s1. The van der Waals surface area contributed by atoms with E-state index in [0.29, 0.717) is 117 Å². The maximum atomic E-state index is 13.7. The van der Waals surface area contributed by atoms with Gasteiger partial charge in [-0.25, -0.2) is 78.6 Å². The van der Waals surface area contributed by atoms with Crippen molar-refractivity contribution in [1.29, 1.82) is 0 Å². The molecule has 0 radical (unpaired) electrons. The molecule has 4 saturated heterocycles. The molecule has 4 fully saturated rings. The van der Waals surface area contributed by atoms with E-state index in [2.05, 4.69) is 99.7 Å². The van der Waals surface area contributed by atoms with Crippen LogP contribution >= 0.6 is 46.4 Å². The van der Waals surface area contributed by atoms with Crippen molar-refractivity contribution in [2.75, 3.05) is 72.0 Å². The van der Waals surface area contributed by atoms with Gasteiger partial charge in [-0.3, -0.25) is 17.6 Å². The van der Waals surface area contributed by atoms with E-state index >= 15 is 0 Å². The predicted octanol–water partition coefficient (Wildman–Crippen LogP) is 13.6. The normalized spacial score (nSPS) is 18.6. The summed E-state index contributed by atoms with van der Waals surface area (Å²) in [6.45, 7) is 13.6. The van der Waals surface area contributed by atoms with Gasteiger partial charge < -0.3 is 48.1 Å². The second-order valence-electron chi connectivity index (χ2n) is 27.7. The molecule has 580 valence electrons. The topological polar surface area (TPSA) is 339 Å². The second-order valence-corrected chi connectivity index (χ2v) is 29.4. The van der Waals surface area contributed by atoms with E-state index in [0.717, 1.165) is 104 Å². The van der Waals surface area contributed by atoms with E-state index in [4.69, 9.17) is 84.9 Å². The monoisotopic (exact) mass is 1620 g/mol. The summed E-state index contributed by atoms with van der Waals surface area (Å²) in [5, 5.41) is 9.01. The van der Waals surface area contributed by atoms with Crippen molar-refractivity contribution in [3.8, 4) is 46.1 Å². The number of imidazole rings is 6. The second kappa shape index (κ2) is 32.6. The van der Waals surface area contributed by atoms with Crippen molar-refractivity contribution in [2.45, 2.75) is 89.6 Å². The summed E-state index contributed by atoms with van der Waals surface area (Å²) in [7, 11) is 0. The van der Waals surface area contributed by atoms with Crippen LogP contribution in [0.25, 0.3) is 68.7 Å². The minimum atomic E-state index is -0.527. The van der Waals surface area contributed by atoms with E-state index in [-0.39, 0.29) is 34.5 Å². The number of anilines is 4. The Morgan fingerprint density at radius 2 is 0.781 bits per heavy atom. The molecule has 20 heterocycles. The number of piperidine rings is 2. The number of aromatic nitrogens is 24. The Morgan fingerprint density at radius 1 is 0.412 bits per heavy atom. The molecule has 6 atom stereocenters. The van der Waals surface area contributed by atoms with Crippen molar-refractivity contribution in [1.82, 2.24) is 118 Å². The first-order chi connectivity index (χ1) is 55.5. The summed E-state index contributed by atoms with van der Waals surface area (Å²) in [4.78, 5) is 86.2. The highest BCUT2D eigenvalue weighted by Gasteiger charge is 2.34. The van der Waals surface area contributed by atoms with Crippen molar-refractivity contribution in [3.05, 3.63) is 227 Å². The molecule has 0 amide bonds. The predicted molar refractivity (Wildman–Crippen MR) is 419 cm³/mol. The molecule has 0 bridgehead atoms. The molecule has 16 aromatic rings. The molecule has 0 aromatic carbocycles. The molecule has 0 spiro atoms. The molecule has 2 N–H and O–H groups in total. The van der Waals surface area contributed by atoms with Gasteiger partial charge in [-0.15, -0.1) is 0 Å². The zero-order chi connectivity index (χ0) is 78.1. The van der Waals surface area contributed by atoms with Gasteiger partial charge in [0.25, 0.3) is 11.8 Å². The van der Waals surface area contributed by atoms with Crippen LogP contribution in [0.4, 0.5) is 32.1 Å². The molecular weight excluding hydrogens is 1550 g/mol. The van der Waals surface area contributed by atoms with Crippen LogP contribution in [0.5, 0.6) is 0 Å². The van der Waals surface area contributed by atoms with E-state index in [9.17, 15) is 8.78 Å². The van der Waals surface area contributed by atoms with Gasteiger partial charge in [0.05, 0.1) is 82.8 Å². The maximum Gasteiger partial charge on any atom is 0.257 e. The zero-order valence-electron chi connectivity index (χ0n) is 61.5. The van der Waals surface area contributed by atoms with Crippen LogP contribution in [0.1, 0.15) is 98.4 Å². The summed E-state index contributed by atoms with van der Waals surface area (Å²) in [5.74, 6) is 7.37. The van der Waals surface area contributed by atoms with Crippen molar-refractivity contribution in [3.63, 3.8) is 0 Å². The number of H-pyrrole nitrogens is 2. The van der Waals surface area contributed by atoms with Gasteiger partial charge in [-0.1, -0.05) is 56.7 Å². The number of hydrogen-bond acceptors (Lipinski definition) is 26. The Hall–Kier alpha value is -12.1. The lowest BCUT2D eigenvalue weighted by Crippen LogP contribution is -2.43. The number of fused-ring (bicyclic) bond motifs is 4. The Kier molecular flexibility index (Phi) is 21.3.